The van der Waals surface area contributed by atoms with E-state index >= 15 is 0 Å². The van der Waals surface area contributed by atoms with E-state index in [4.69, 9.17) is 4.52 Å². The van der Waals surface area contributed by atoms with Crippen molar-refractivity contribution >= 4 is 17.7 Å². The van der Waals surface area contributed by atoms with Crippen LogP contribution in [0.3, 0.4) is 0 Å². The van der Waals surface area contributed by atoms with Crippen LogP contribution in [0.4, 0.5) is 0 Å². The summed E-state index contributed by atoms with van der Waals surface area (Å²) in [4.78, 5) is 17.9. The van der Waals surface area contributed by atoms with Crippen LogP contribution in [0, 0.1) is 12.8 Å². The second-order valence-electron chi connectivity index (χ2n) is 4.16. The molecule has 1 rings (SSSR count). The summed E-state index contributed by atoms with van der Waals surface area (Å²) in [7, 11) is 1.77. The van der Waals surface area contributed by atoms with Crippen molar-refractivity contribution < 1.29 is 9.32 Å². The van der Waals surface area contributed by atoms with Crippen LogP contribution in [0.25, 0.3) is 0 Å². The number of aryl methyl sites for hydroxylation is 1. The van der Waals surface area contributed by atoms with Crippen LogP contribution >= 0.6 is 11.8 Å². The van der Waals surface area contributed by atoms with Crippen molar-refractivity contribution in [2.45, 2.75) is 26.8 Å². The number of carbonyl (C=O) groups is 1. The van der Waals surface area contributed by atoms with Crippen LogP contribution in [-0.2, 0) is 4.79 Å². The first kappa shape index (κ1) is 14.0. The zero-order valence-corrected chi connectivity index (χ0v) is 11.7. The Hall–Kier alpha value is -1.04. The molecule has 0 saturated heterocycles. The van der Waals surface area contributed by atoms with Crippen molar-refractivity contribution in [3.05, 3.63) is 11.7 Å². The first-order chi connectivity index (χ1) is 7.97. The fraction of sp³-hybridized carbons (Fsp3) is 0.727. The van der Waals surface area contributed by atoms with E-state index in [1.807, 2.05) is 20.1 Å². The number of hydrogen-bond donors (Lipinski definition) is 0. The van der Waals surface area contributed by atoms with Gasteiger partial charge in [0, 0.05) is 18.7 Å². The lowest BCUT2D eigenvalue weighted by atomic mass is 10.1. The fourth-order valence-corrected chi connectivity index (χ4v) is 2.15. The molecule has 1 amide bonds. The summed E-state index contributed by atoms with van der Waals surface area (Å²) in [6, 6.07) is -0.187. The SMILES string of the molecule is CSCC(C)C(=O)N(C)C(C)c1nc(C)no1. The van der Waals surface area contributed by atoms with Crippen LogP contribution < -0.4 is 0 Å². The van der Waals surface area contributed by atoms with Crippen LogP contribution in [0.1, 0.15) is 31.6 Å². The van der Waals surface area contributed by atoms with Gasteiger partial charge >= 0.3 is 0 Å². The standard InChI is InChI=1S/C11H19N3O2S/c1-7(6-17-5)11(15)14(4)8(2)10-12-9(3)13-16-10/h7-8H,6H2,1-5H3. The molecule has 96 valence electrons. The molecule has 0 aromatic carbocycles. The molecule has 6 heteroatoms. The number of aromatic nitrogens is 2. The lowest BCUT2D eigenvalue weighted by Gasteiger charge is -2.24. The van der Waals surface area contributed by atoms with Crippen molar-refractivity contribution in [3.63, 3.8) is 0 Å². The van der Waals surface area contributed by atoms with Gasteiger partial charge in [0.2, 0.25) is 11.8 Å². The molecule has 17 heavy (non-hydrogen) atoms. The van der Waals surface area contributed by atoms with Gasteiger partial charge < -0.3 is 9.42 Å². The Morgan fingerprint density at radius 2 is 2.18 bits per heavy atom. The molecular formula is C11H19N3O2S. The average Bonchev–Trinajstić information content (AvgIpc) is 2.73. The van der Waals surface area contributed by atoms with Crippen LogP contribution in [0.2, 0.25) is 0 Å². The van der Waals surface area contributed by atoms with Crippen LogP contribution in [-0.4, -0.2) is 40.0 Å². The van der Waals surface area contributed by atoms with E-state index in [1.54, 1.807) is 30.6 Å². The quantitative estimate of drug-likeness (QED) is 0.806. The summed E-state index contributed by atoms with van der Waals surface area (Å²) < 4.78 is 5.08. The monoisotopic (exact) mass is 257 g/mol. The fourth-order valence-electron chi connectivity index (χ4n) is 1.51. The van der Waals surface area contributed by atoms with Crippen molar-refractivity contribution in [2.24, 2.45) is 5.92 Å². The number of amides is 1. The topological polar surface area (TPSA) is 59.2 Å². The predicted octanol–water partition coefficient (Wildman–Crippen LogP) is 1.90. The highest BCUT2D eigenvalue weighted by atomic mass is 32.2. The first-order valence-electron chi connectivity index (χ1n) is 5.53. The highest BCUT2D eigenvalue weighted by Crippen LogP contribution is 2.19. The minimum Gasteiger partial charge on any atom is -0.337 e. The van der Waals surface area contributed by atoms with Crippen molar-refractivity contribution in [1.82, 2.24) is 15.0 Å². The molecule has 0 aliphatic rings. The number of hydrogen-bond acceptors (Lipinski definition) is 5. The third-order valence-electron chi connectivity index (χ3n) is 2.67. The zero-order valence-electron chi connectivity index (χ0n) is 10.9. The maximum atomic E-state index is 12.1. The van der Waals surface area contributed by atoms with Crippen molar-refractivity contribution in [2.75, 3.05) is 19.1 Å². The number of carbonyl (C=O) groups excluding carboxylic acids is 1. The maximum absolute atomic E-state index is 12.1. The van der Waals surface area contributed by atoms with Gasteiger partial charge in [-0.2, -0.15) is 16.7 Å². The highest BCUT2D eigenvalue weighted by Gasteiger charge is 2.25. The van der Waals surface area contributed by atoms with Gasteiger partial charge in [0.05, 0.1) is 0 Å². The molecule has 0 spiro atoms. The number of thioether (sulfide) groups is 1. The summed E-state index contributed by atoms with van der Waals surface area (Å²) in [6.45, 7) is 5.58. The van der Waals surface area contributed by atoms with E-state index in [2.05, 4.69) is 10.1 Å². The lowest BCUT2D eigenvalue weighted by molar-refractivity contribution is -0.135. The molecule has 0 bridgehead atoms. The van der Waals surface area contributed by atoms with E-state index in [0.717, 1.165) is 5.75 Å². The molecule has 0 saturated carbocycles. The second kappa shape index (κ2) is 6.05. The minimum absolute atomic E-state index is 0.00136. The molecule has 1 aromatic rings. The third-order valence-corrected chi connectivity index (χ3v) is 3.50. The van der Waals surface area contributed by atoms with Crippen molar-refractivity contribution in [1.29, 1.82) is 0 Å². The summed E-state index contributed by atoms with van der Waals surface area (Å²) in [5, 5.41) is 3.73. The Balaban J connectivity index is 2.69. The largest absolute Gasteiger partial charge is 0.337 e. The third kappa shape index (κ3) is 3.46. The Morgan fingerprint density at radius 1 is 1.53 bits per heavy atom. The molecule has 5 nitrogen and oxygen atoms in total. The van der Waals surface area contributed by atoms with Gasteiger partial charge in [-0.15, -0.1) is 0 Å². The lowest BCUT2D eigenvalue weighted by Crippen LogP contribution is -2.34. The summed E-state index contributed by atoms with van der Waals surface area (Å²) >= 11 is 1.67. The normalized spacial score (nSPS) is 14.4. The van der Waals surface area contributed by atoms with E-state index in [0.29, 0.717) is 11.7 Å². The Bertz CT molecular complexity index is 381. The van der Waals surface area contributed by atoms with Gasteiger partial charge in [-0.05, 0) is 20.1 Å². The molecule has 2 atom stereocenters. The summed E-state index contributed by atoms with van der Waals surface area (Å²) in [6.07, 6.45) is 1.99. The predicted molar refractivity (Wildman–Crippen MR) is 67.8 cm³/mol. The Labute approximate surface area is 106 Å². The molecule has 0 aliphatic carbocycles. The van der Waals surface area contributed by atoms with Crippen LogP contribution in [0.5, 0.6) is 0 Å². The first-order valence-corrected chi connectivity index (χ1v) is 6.92. The van der Waals surface area contributed by atoms with Crippen LogP contribution in [0.15, 0.2) is 4.52 Å². The van der Waals surface area contributed by atoms with Crippen molar-refractivity contribution in [3.8, 4) is 0 Å². The smallest absolute Gasteiger partial charge is 0.249 e. The summed E-state index contributed by atoms with van der Waals surface area (Å²) in [5.74, 6) is 1.99. The Kier molecular flexibility index (Phi) is 4.99. The van der Waals surface area contributed by atoms with E-state index in [1.165, 1.54) is 0 Å². The number of nitrogens with zero attached hydrogens (tertiary/aromatic N) is 3. The van der Waals surface area contributed by atoms with Gasteiger partial charge in [-0.1, -0.05) is 12.1 Å². The summed E-state index contributed by atoms with van der Waals surface area (Å²) in [5.41, 5.74) is 0. The van der Waals surface area contributed by atoms with E-state index < -0.39 is 0 Å². The Morgan fingerprint density at radius 3 is 2.65 bits per heavy atom. The average molecular weight is 257 g/mol. The van der Waals surface area contributed by atoms with Gasteiger partial charge in [0.1, 0.15) is 6.04 Å². The number of rotatable bonds is 5. The molecule has 0 radical (unpaired) electrons. The van der Waals surface area contributed by atoms with Gasteiger partial charge in [0.25, 0.3) is 0 Å². The maximum Gasteiger partial charge on any atom is 0.249 e. The van der Waals surface area contributed by atoms with Gasteiger partial charge in [-0.25, -0.2) is 0 Å². The molecule has 0 N–H and O–H groups in total. The van der Waals surface area contributed by atoms with Gasteiger partial charge in [0.15, 0.2) is 5.82 Å². The second-order valence-corrected chi connectivity index (χ2v) is 5.07. The minimum atomic E-state index is -0.187. The molecule has 1 heterocycles. The van der Waals surface area contributed by atoms with E-state index in [9.17, 15) is 4.79 Å². The molecular weight excluding hydrogens is 238 g/mol. The molecule has 1 aromatic heterocycles. The molecule has 0 aliphatic heterocycles. The van der Waals surface area contributed by atoms with Gasteiger partial charge in [-0.3, -0.25) is 4.79 Å². The van der Waals surface area contributed by atoms with E-state index in [-0.39, 0.29) is 17.9 Å². The zero-order chi connectivity index (χ0) is 13.0. The highest BCUT2D eigenvalue weighted by molar-refractivity contribution is 7.98. The molecule has 2 unspecified atom stereocenters. The molecule has 0 fully saturated rings.